The van der Waals surface area contributed by atoms with Gasteiger partial charge in [0, 0.05) is 25.0 Å². The molecule has 234 valence electrons. The highest BCUT2D eigenvalue weighted by atomic mass is 16.6. The molecule has 0 aromatic heterocycles. The normalized spacial score (nSPS) is 40.6. The van der Waals surface area contributed by atoms with Gasteiger partial charge in [0.05, 0.1) is 62.5 Å². The van der Waals surface area contributed by atoms with Crippen molar-refractivity contribution in [3.63, 3.8) is 0 Å². The summed E-state index contributed by atoms with van der Waals surface area (Å²) in [6.07, 6.45) is 1.98. The molecule has 0 bridgehead atoms. The highest BCUT2D eigenvalue weighted by molar-refractivity contribution is 5.77. The minimum atomic E-state index is -0.958. The third-order valence-electron chi connectivity index (χ3n) is 10.9. The fourth-order valence-electron chi connectivity index (χ4n) is 8.08. The molecule has 7 rings (SSSR count). The Hall–Kier alpha value is -1.58. The van der Waals surface area contributed by atoms with Gasteiger partial charge in [-0.15, -0.1) is 0 Å². The van der Waals surface area contributed by atoms with Crippen molar-refractivity contribution in [2.75, 3.05) is 64.0 Å². The highest BCUT2D eigenvalue weighted by Crippen LogP contribution is 2.41. The molecule has 6 aliphatic rings. The van der Waals surface area contributed by atoms with Gasteiger partial charge >= 0.3 is 0 Å². The van der Waals surface area contributed by atoms with E-state index >= 15 is 0 Å². The van der Waals surface area contributed by atoms with Crippen LogP contribution >= 0.6 is 0 Å². The zero-order valence-corrected chi connectivity index (χ0v) is 25.2. The molecular formula is C30H50N8O4. The first kappa shape index (κ1) is 29.1. The molecule has 1 aliphatic carbocycles. The maximum absolute atomic E-state index is 11.0. The topological polar surface area (TPSA) is 134 Å². The summed E-state index contributed by atoms with van der Waals surface area (Å²) in [5.41, 5.74) is 10.3. The van der Waals surface area contributed by atoms with E-state index in [1.54, 1.807) is 0 Å². The van der Waals surface area contributed by atoms with Crippen molar-refractivity contribution in [2.24, 2.45) is 11.7 Å². The summed E-state index contributed by atoms with van der Waals surface area (Å²) in [4.78, 5) is 9.13. The third-order valence-corrected chi connectivity index (χ3v) is 10.9. The first-order valence-electron chi connectivity index (χ1n) is 16.0. The number of benzene rings is 1. The molecule has 1 saturated carbocycles. The average Bonchev–Trinajstić information content (AvgIpc) is 3.59. The number of hydrogen-bond acceptors (Lipinski definition) is 12. The number of nitrogens with zero attached hydrogens (tertiary/aromatic N) is 4. The molecule has 5 fully saturated rings. The van der Waals surface area contributed by atoms with Crippen LogP contribution in [0.5, 0.6) is 0 Å². The largest absolute Gasteiger partial charge is 0.387 e. The quantitative estimate of drug-likeness (QED) is 0.226. The molecule has 1 aromatic carbocycles. The first-order valence-corrected chi connectivity index (χ1v) is 16.0. The molecule has 5 heterocycles. The lowest BCUT2D eigenvalue weighted by molar-refractivity contribution is -0.128. The zero-order chi connectivity index (χ0) is 29.1. The number of nitrogens with one attached hydrogen (secondary N) is 3. The predicted molar refractivity (Wildman–Crippen MR) is 161 cm³/mol. The van der Waals surface area contributed by atoms with Gasteiger partial charge in [-0.1, -0.05) is 6.07 Å². The number of ether oxygens (including phenoxy) is 2. The number of aliphatic hydroxyl groups is 2. The second-order valence-electron chi connectivity index (χ2n) is 13.5. The number of rotatable bonds is 9. The zero-order valence-electron chi connectivity index (χ0n) is 25.2. The summed E-state index contributed by atoms with van der Waals surface area (Å²) in [6, 6.07) is 7.39. The molecule has 1 aromatic rings. The van der Waals surface area contributed by atoms with E-state index in [9.17, 15) is 10.2 Å². The predicted octanol–water partition coefficient (Wildman–Crippen LogP) is -0.350. The van der Waals surface area contributed by atoms with Crippen LogP contribution in [0.4, 0.5) is 11.4 Å². The Morgan fingerprint density at radius 2 is 1.90 bits per heavy atom. The number of aliphatic hydroxyl groups excluding tert-OH is 2. The molecule has 5 aliphatic heterocycles. The maximum atomic E-state index is 11.0. The van der Waals surface area contributed by atoms with Gasteiger partial charge in [-0.05, 0) is 70.3 Å². The minimum absolute atomic E-state index is 0.00199. The van der Waals surface area contributed by atoms with Crippen LogP contribution in [0.25, 0.3) is 0 Å². The molecule has 0 amide bonds. The Bertz CT molecular complexity index is 1110. The Labute approximate surface area is 249 Å². The van der Waals surface area contributed by atoms with Crippen LogP contribution in [-0.4, -0.2) is 134 Å². The number of likely N-dealkylation sites (N-methyl/N-ethyl adjacent to an activating group) is 2. The smallest absolute Gasteiger partial charge is 0.142 e. The third kappa shape index (κ3) is 5.13. The van der Waals surface area contributed by atoms with Crippen molar-refractivity contribution in [3.05, 3.63) is 23.8 Å². The summed E-state index contributed by atoms with van der Waals surface area (Å²) in [5, 5.41) is 32.5. The van der Waals surface area contributed by atoms with Gasteiger partial charge in [-0.2, -0.15) is 0 Å². The van der Waals surface area contributed by atoms with Gasteiger partial charge in [-0.3, -0.25) is 15.5 Å². The van der Waals surface area contributed by atoms with E-state index in [1.807, 2.05) is 7.05 Å². The number of hydrogen-bond donors (Lipinski definition) is 6. The van der Waals surface area contributed by atoms with E-state index in [0.717, 1.165) is 26.2 Å². The van der Waals surface area contributed by atoms with Crippen LogP contribution in [0.2, 0.25) is 0 Å². The van der Waals surface area contributed by atoms with Gasteiger partial charge in [0.1, 0.15) is 24.5 Å². The summed E-state index contributed by atoms with van der Waals surface area (Å²) in [5.74, 6) is 1.26. The van der Waals surface area contributed by atoms with Crippen molar-refractivity contribution in [3.8, 4) is 0 Å². The molecule has 12 nitrogen and oxygen atoms in total. The van der Waals surface area contributed by atoms with E-state index in [4.69, 9.17) is 15.2 Å². The maximum Gasteiger partial charge on any atom is 0.142 e. The average molecular weight is 587 g/mol. The number of fused-ring (bicyclic) bond motifs is 2. The van der Waals surface area contributed by atoms with Crippen LogP contribution < -0.4 is 26.6 Å². The lowest BCUT2D eigenvalue weighted by Gasteiger charge is -2.44. The van der Waals surface area contributed by atoms with E-state index in [-0.39, 0.29) is 18.4 Å². The summed E-state index contributed by atoms with van der Waals surface area (Å²) in [7, 11) is 4.16. The van der Waals surface area contributed by atoms with Gasteiger partial charge in [-0.25, -0.2) is 4.90 Å². The second-order valence-corrected chi connectivity index (χ2v) is 13.5. The summed E-state index contributed by atoms with van der Waals surface area (Å²) < 4.78 is 11.8. The molecule has 0 spiro atoms. The van der Waals surface area contributed by atoms with Gasteiger partial charge in [0.15, 0.2) is 0 Å². The van der Waals surface area contributed by atoms with Crippen molar-refractivity contribution >= 4 is 11.4 Å². The van der Waals surface area contributed by atoms with Gasteiger partial charge in [0.2, 0.25) is 0 Å². The molecule has 0 radical (unpaired) electrons. The van der Waals surface area contributed by atoms with E-state index in [2.05, 4.69) is 67.7 Å². The molecular weight excluding hydrogens is 536 g/mol. The van der Waals surface area contributed by atoms with Crippen LogP contribution in [-0.2, 0) is 9.47 Å². The van der Waals surface area contributed by atoms with Crippen molar-refractivity contribution < 1.29 is 19.7 Å². The van der Waals surface area contributed by atoms with E-state index < -0.39 is 24.5 Å². The van der Waals surface area contributed by atoms with Crippen molar-refractivity contribution in [2.45, 2.75) is 93.6 Å². The van der Waals surface area contributed by atoms with Crippen LogP contribution in [0.15, 0.2) is 18.2 Å². The summed E-state index contributed by atoms with van der Waals surface area (Å²) >= 11 is 0. The number of anilines is 2. The molecule has 7 N–H and O–H groups in total. The Kier molecular flexibility index (Phi) is 8.14. The molecule has 4 unspecified atom stereocenters. The van der Waals surface area contributed by atoms with Gasteiger partial charge in [0.25, 0.3) is 0 Å². The molecule has 8 atom stereocenters. The highest BCUT2D eigenvalue weighted by Gasteiger charge is 2.53. The van der Waals surface area contributed by atoms with Crippen LogP contribution in [0.1, 0.15) is 44.1 Å². The van der Waals surface area contributed by atoms with Crippen LogP contribution in [0, 0.1) is 5.92 Å². The monoisotopic (exact) mass is 586 g/mol. The van der Waals surface area contributed by atoms with Crippen LogP contribution in [0.3, 0.4) is 0 Å². The lowest BCUT2D eigenvalue weighted by atomic mass is 9.76. The fraction of sp³-hybridized carbons (Fsp3) is 0.800. The molecule has 12 heteroatoms. The molecule has 42 heavy (non-hydrogen) atoms. The first-order chi connectivity index (χ1) is 20.3. The summed E-state index contributed by atoms with van der Waals surface area (Å²) in [6.45, 7) is 6.76. The minimum Gasteiger partial charge on any atom is -0.387 e. The second kappa shape index (κ2) is 11.7. The van der Waals surface area contributed by atoms with Gasteiger partial charge < -0.3 is 40.5 Å². The lowest BCUT2D eigenvalue weighted by Crippen LogP contribution is -2.68. The number of nitrogens with two attached hydrogens (primary N) is 1. The standard InChI is InChI=1S/C30H50N8O4/c1-4-37-22-11-18(19-13-41-14-19)6-7-21(22)34-24(37)8-5-17-9-20(10-17)35(2)12-23-26(39)27(40)30(42-23)38-16-32-25-28(31)33-15-36(3)29(25)38/h6-7,11,17,19-20,23-30,32-34,39-40H,4-5,8-10,12-16,31H2,1-3H3/t17-,20+,23-,24?,25?,26-,27-,28?,29?,30-/m1/s1. The van der Waals surface area contributed by atoms with E-state index in [1.165, 1.54) is 36.2 Å². The Morgan fingerprint density at radius 1 is 1.10 bits per heavy atom. The Morgan fingerprint density at radius 3 is 2.64 bits per heavy atom. The SMILES string of the molecule is CCN1c2cc(C3COC3)ccc2NC1CC[C@H]1C[C@@H](N(C)C[C@H]2O[C@@H](N3CNC4C(N)NCN(C)C43)[C@H](O)[C@@H]2O)C1. The van der Waals surface area contributed by atoms with Crippen molar-refractivity contribution in [1.82, 2.24) is 25.3 Å². The van der Waals surface area contributed by atoms with Crippen molar-refractivity contribution in [1.29, 1.82) is 0 Å². The Balaban J connectivity index is 0.881. The fourth-order valence-corrected chi connectivity index (χ4v) is 8.08. The van der Waals surface area contributed by atoms with E-state index in [0.29, 0.717) is 43.9 Å². The molecule has 4 saturated heterocycles.